The number of ether oxygens (including phenoxy) is 1. The van der Waals surface area contributed by atoms with Crippen LogP contribution in [0.2, 0.25) is 0 Å². The van der Waals surface area contributed by atoms with Crippen molar-refractivity contribution in [3.05, 3.63) is 84.9 Å². The molecule has 5 heteroatoms. The topological polar surface area (TPSA) is 59.1 Å². The van der Waals surface area contributed by atoms with Crippen LogP contribution in [0.1, 0.15) is 6.42 Å². The number of aryl methyl sites for hydroxylation is 1. The molecule has 1 heterocycles. The molecule has 0 unspecified atom stereocenters. The van der Waals surface area contributed by atoms with Crippen LogP contribution in [0.25, 0.3) is 10.9 Å². The number of hydrogen-bond donors (Lipinski definition) is 1. The molecule has 0 aliphatic carbocycles. The van der Waals surface area contributed by atoms with Crippen LogP contribution in [0.15, 0.2) is 95.2 Å². The van der Waals surface area contributed by atoms with Crippen molar-refractivity contribution in [2.45, 2.75) is 13.0 Å². The Morgan fingerprint density at radius 3 is 2.25 bits per heavy atom. The first-order valence-corrected chi connectivity index (χ1v) is 9.28. The first kappa shape index (κ1) is 17.8. The van der Waals surface area contributed by atoms with Gasteiger partial charge in [0, 0.05) is 11.9 Å². The van der Waals surface area contributed by atoms with E-state index < -0.39 is 0 Å². The number of aromatic nitrogens is 1. The third-order valence-electron chi connectivity index (χ3n) is 4.48. The molecular formula is C23H21N3O2. The number of azo groups is 1. The molecule has 0 bridgehead atoms. The number of nitrogens with zero attached hydrogens (tertiary/aromatic N) is 3. The second-order valence-corrected chi connectivity index (χ2v) is 6.39. The first-order chi connectivity index (χ1) is 13.8. The van der Waals surface area contributed by atoms with Gasteiger partial charge in [0.25, 0.3) is 0 Å². The van der Waals surface area contributed by atoms with Crippen molar-refractivity contribution in [2.75, 3.05) is 6.61 Å². The minimum Gasteiger partial charge on any atom is -0.494 e. The van der Waals surface area contributed by atoms with Crippen LogP contribution in [0.5, 0.6) is 11.6 Å². The zero-order valence-corrected chi connectivity index (χ0v) is 15.4. The summed E-state index contributed by atoms with van der Waals surface area (Å²) < 4.78 is 7.62. The van der Waals surface area contributed by atoms with Crippen molar-refractivity contribution in [1.82, 2.24) is 4.57 Å². The van der Waals surface area contributed by atoms with Gasteiger partial charge < -0.3 is 14.4 Å². The van der Waals surface area contributed by atoms with Crippen molar-refractivity contribution >= 4 is 22.3 Å². The summed E-state index contributed by atoms with van der Waals surface area (Å²) in [6.45, 7) is 1.19. The number of para-hydroxylation sites is 2. The molecule has 3 aromatic carbocycles. The van der Waals surface area contributed by atoms with E-state index in [2.05, 4.69) is 10.2 Å². The molecule has 1 aromatic heterocycles. The van der Waals surface area contributed by atoms with Crippen molar-refractivity contribution in [3.8, 4) is 11.6 Å². The Hall–Kier alpha value is -3.60. The SMILES string of the molecule is Oc1c(N=Nc2ccccc2)c2ccccc2n1CCCOc1ccccc1. The molecule has 0 aliphatic heterocycles. The first-order valence-electron chi connectivity index (χ1n) is 9.28. The van der Waals surface area contributed by atoms with Gasteiger partial charge in [-0.25, -0.2) is 0 Å². The highest BCUT2D eigenvalue weighted by Crippen LogP contribution is 2.39. The standard InChI is InChI=1S/C23H21N3O2/c27-23-22(25-24-18-10-3-1-4-11-18)20-14-7-8-15-21(20)26(23)16-9-17-28-19-12-5-2-6-13-19/h1-8,10-15,27H,9,16-17H2. The fourth-order valence-corrected chi connectivity index (χ4v) is 3.13. The third-order valence-corrected chi connectivity index (χ3v) is 4.48. The molecule has 0 saturated heterocycles. The Morgan fingerprint density at radius 2 is 1.46 bits per heavy atom. The van der Waals surface area contributed by atoms with Gasteiger partial charge >= 0.3 is 0 Å². The average molecular weight is 371 g/mol. The highest BCUT2D eigenvalue weighted by Gasteiger charge is 2.16. The second kappa shape index (κ2) is 8.39. The van der Waals surface area contributed by atoms with Gasteiger partial charge in [0.2, 0.25) is 5.88 Å². The minimum atomic E-state index is 0.126. The summed E-state index contributed by atoms with van der Waals surface area (Å²) in [5, 5.41) is 20.2. The van der Waals surface area contributed by atoms with Gasteiger partial charge in [-0.1, -0.05) is 54.6 Å². The molecule has 4 aromatic rings. The van der Waals surface area contributed by atoms with Crippen molar-refractivity contribution in [3.63, 3.8) is 0 Å². The Bertz CT molecular complexity index is 1070. The van der Waals surface area contributed by atoms with Crippen molar-refractivity contribution in [1.29, 1.82) is 0 Å². The maximum Gasteiger partial charge on any atom is 0.220 e. The van der Waals surface area contributed by atoms with Crippen LogP contribution in [0, 0.1) is 0 Å². The van der Waals surface area contributed by atoms with Gasteiger partial charge in [0.05, 0.1) is 17.8 Å². The van der Waals surface area contributed by atoms with E-state index in [1.165, 1.54) is 0 Å². The predicted octanol–water partition coefficient (Wildman–Crippen LogP) is 6.23. The molecule has 28 heavy (non-hydrogen) atoms. The van der Waals surface area contributed by atoms with E-state index in [1.807, 2.05) is 89.5 Å². The van der Waals surface area contributed by atoms with E-state index in [0.29, 0.717) is 18.8 Å². The summed E-state index contributed by atoms with van der Waals surface area (Å²) in [6.07, 6.45) is 0.760. The lowest BCUT2D eigenvalue weighted by molar-refractivity contribution is 0.298. The summed E-state index contributed by atoms with van der Waals surface area (Å²) in [4.78, 5) is 0. The molecular weight excluding hydrogens is 350 g/mol. The van der Waals surface area contributed by atoms with E-state index in [9.17, 15) is 5.11 Å². The normalized spacial score (nSPS) is 11.3. The van der Waals surface area contributed by atoms with Gasteiger partial charge in [0.1, 0.15) is 5.75 Å². The smallest absolute Gasteiger partial charge is 0.220 e. The fraction of sp³-hybridized carbons (Fsp3) is 0.130. The lowest BCUT2D eigenvalue weighted by atomic mass is 10.2. The number of rotatable bonds is 7. The van der Waals surface area contributed by atoms with E-state index in [0.717, 1.165) is 28.8 Å². The Balaban J connectivity index is 1.53. The van der Waals surface area contributed by atoms with Gasteiger partial charge in [-0.2, -0.15) is 5.11 Å². The lowest BCUT2D eigenvalue weighted by Gasteiger charge is -2.08. The van der Waals surface area contributed by atoms with Crippen molar-refractivity contribution in [2.24, 2.45) is 10.2 Å². The molecule has 0 radical (unpaired) electrons. The number of benzene rings is 3. The van der Waals surface area contributed by atoms with E-state index in [1.54, 1.807) is 0 Å². The van der Waals surface area contributed by atoms with Crippen LogP contribution in [0.3, 0.4) is 0 Å². The summed E-state index contributed by atoms with van der Waals surface area (Å²) in [7, 11) is 0. The maximum absolute atomic E-state index is 10.8. The average Bonchev–Trinajstić information content (AvgIpc) is 3.02. The van der Waals surface area contributed by atoms with Crippen LogP contribution < -0.4 is 4.74 Å². The van der Waals surface area contributed by atoms with Crippen LogP contribution in [0.4, 0.5) is 11.4 Å². The van der Waals surface area contributed by atoms with Crippen LogP contribution in [-0.4, -0.2) is 16.3 Å². The predicted molar refractivity (Wildman–Crippen MR) is 111 cm³/mol. The second-order valence-electron chi connectivity index (χ2n) is 6.39. The third kappa shape index (κ3) is 3.88. The van der Waals surface area contributed by atoms with Gasteiger partial charge in [-0.3, -0.25) is 0 Å². The molecule has 0 aliphatic rings. The highest BCUT2D eigenvalue weighted by atomic mass is 16.5. The zero-order chi connectivity index (χ0) is 19.2. The molecule has 0 amide bonds. The Kier molecular flexibility index (Phi) is 5.33. The maximum atomic E-state index is 10.8. The molecule has 0 fully saturated rings. The molecule has 0 saturated carbocycles. The monoisotopic (exact) mass is 371 g/mol. The van der Waals surface area contributed by atoms with E-state index >= 15 is 0 Å². The Morgan fingerprint density at radius 1 is 0.786 bits per heavy atom. The minimum absolute atomic E-state index is 0.126. The summed E-state index contributed by atoms with van der Waals surface area (Å²) in [5.41, 5.74) is 2.17. The quantitative estimate of drug-likeness (QED) is 0.309. The summed E-state index contributed by atoms with van der Waals surface area (Å²) in [6, 6.07) is 27.0. The molecule has 1 N–H and O–H groups in total. The fourth-order valence-electron chi connectivity index (χ4n) is 3.13. The molecule has 4 rings (SSSR count). The van der Waals surface area contributed by atoms with E-state index in [4.69, 9.17) is 4.74 Å². The molecule has 0 spiro atoms. The molecule has 0 atom stereocenters. The number of fused-ring (bicyclic) bond motifs is 1. The van der Waals surface area contributed by atoms with E-state index in [-0.39, 0.29) is 5.88 Å². The van der Waals surface area contributed by atoms with Crippen molar-refractivity contribution < 1.29 is 9.84 Å². The van der Waals surface area contributed by atoms with Crippen LogP contribution >= 0.6 is 0 Å². The van der Waals surface area contributed by atoms with Gasteiger partial charge in [0.15, 0.2) is 5.69 Å². The Labute approximate surface area is 163 Å². The van der Waals surface area contributed by atoms with Crippen LogP contribution in [-0.2, 0) is 6.54 Å². The molecule has 5 nitrogen and oxygen atoms in total. The summed E-state index contributed by atoms with van der Waals surface area (Å²) in [5.74, 6) is 0.974. The molecule has 140 valence electrons. The zero-order valence-electron chi connectivity index (χ0n) is 15.4. The highest BCUT2D eigenvalue weighted by molar-refractivity contribution is 5.95. The van der Waals surface area contributed by atoms with Gasteiger partial charge in [-0.15, -0.1) is 5.11 Å². The largest absolute Gasteiger partial charge is 0.494 e. The summed E-state index contributed by atoms with van der Waals surface area (Å²) >= 11 is 0. The number of aromatic hydroxyl groups is 1. The number of hydrogen-bond acceptors (Lipinski definition) is 4. The lowest BCUT2D eigenvalue weighted by Crippen LogP contribution is -2.04. The van der Waals surface area contributed by atoms with Gasteiger partial charge in [-0.05, 0) is 36.8 Å².